The minimum atomic E-state index is -6.53. The van der Waals surface area contributed by atoms with Crippen molar-refractivity contribution in [1.82, 2.24) is 0 Å². The molecular formula is C12H10F8O3S. The number of alkyl halides is 8. The molecule has 24 heavy (non-hydrogen) atoms. The van der Waals surface area contributed by atoms with Crippen LogP contribution in [0.15, 0.2) is 29.2 Å². The van der Waals surface area contributed by atoms with Crippen LogP contribution in [0.5, 0.6) is 0 Å². The number of hydrogen-bond donors (Lipinski definition) is 0. The van der Waals surface area contributed by atoms with Crippen LogP contribution in [0.1, 0.15) is 5.56 Å². The Morgan fingerprint density at radius 1 is 1.00 bits per heavy atom. The van der Waals surface area contributed by atoms with Crippen LogP contribution in [0.3, 0.4) is 0 Å². The number of aryl methyl sites for hydroxylation is 1. The highest BCUT2D eigenvalue weighted by Crippen LogP contribution is 2.48. The molecule has 0 aromatic heterocycles. The average Bonchev–Trinajstić information content (AvgIpc) is 2.45. The molecule has 0 aliphatic rings. The Hall–Kier alpha value is -1.43. The number of hydrogen-bond acceptors (Lipinski definition) is 3. The van der Waals surface area contributed by atoms with Crippen molar-refractivity contribution in [2.45, 2.75) is 36.0 Å². The summed E-state index contributed by atoms with van der Waals surface area (Å²) in [4.78, 5) is -0.701. The molecule has 0 unspecified atom stereocenters. The highest BCUT2D eigenvalue weighted by Gasteiger charge is 2.75. The molecular weight excluding hydrogens is 376 g/mol. The monoisotopic (exact) mass is 386 g/mol. The second kappa shape index (κ2) is 6.47. The molecule has 3 nitrogen and oxygen atoms in total. The van der Waals surface area contributed by atoms with Gasteiger partial charge in [-0.3, -0.25) is 4.18 Å². The van der Waals surface area contributed by atoms with Gasteiger partial charge in [0.25, 0.3) is 10.1 Å². The maximum Gasteiger partial charge on any atom is 0.380 e. The fourth-order valence-electron chi connectivity index (χ4n) is 1.40. The predicted molar refractivity (Wildman–Crippen MR) is 65.2 cm³/mol. The van der Waals surface area contributed by atoms with E-state index in [1.165, 1.54) is 12.1 Å². The lowest BCUT2D eigenvalue weighted by atomic mass is 10.1. The highest BCUT2D eigenvalue weighted by atomic mass is 32.2. The van der Waals surface area contributed by atoms with Crippen molar-refractivity contribution < 1.29 is 47.7 Å². The van der Waals surface area contributed by atoms with E-state index in [1.807, 2.05) is 0 Å². The zero-order chi connectivity index (χ0) is 19.0. The first kappa shape index (κ1) is 20.6. The van der Waals surface area contributed by atoms with Crippen molar-refractivity contribution in [2.24, 2.45) is 0 Å². The summed E-state index contributed by atoms with van der Waals surface area (Å²) >= 11 is 0. The third-order valence-electron chi connectivity index (χ3n) is 2.86. The first-order valence-electron chi connectivity index (χ1n) is 6.03. The van der Waals surface area contributed by atoms with E-state index in [-0.39, 0.29) is 0 Å². The lowest BCUT2D eigenvalue weighted by Gasteiger charge is -2.31. The molecule has 12 heteroatoms. The summed E-state index contributed by atoms with van der Waals surface area (Å²) < 4.78 is 128. The van der Waals surface area contributed by atoms with Crippen molar-refractivity contribution in [1.29, 1.82) is 0 Å². The Labute approximate surface area is 131 Å². The van der Waals surface area contributed by atoms with Crippen molar-refractivity contribution in [3.63, 3.8) is 0 Å². The van der Waals surface area contributed by atoms with Crippen molar-refractivity contribution >= 4 is 10.1 Å². The summed E-state index contributed by atoms with van der Waals surface area (Å²) in [6.07, 6.45) is -5.09. The molecule has 0 fully saturated rings. The summed E-state index contributed by atoms with van der Waals surface area (Å²) in [5.74, 6) is -18.8. The van der Waals surface area contributed by atoms with Crippen molar-refractivity contribution in [3.8, 4) is 0 Å². The maximum atomic E-state index is 13.2. The minimum Gasteiger partial charge on any atom is -0.260 e. The maximum absolute atomic E-state index is 13.2. The molecule has 0 saturated carbocycles. The van der Waals surface area contributed by atoms with Crippen LogP contribution >= 0.6 is 0 Å². The molecule has 0 bridgehead atoms. The second-order valence-electron chi connectivity index (χ2n) is 4.73. The Morgan fingerprint density at radius 3 is 1.88 bits per heavy atom. The standard InChI is InChI=1S/C12H10F8O3S/c1-7-2-4-8(5-3-7)24(21,22)23-6-10(15,16)12(19,20)11(17,18)9(13)14/h2-5,9H,6H2,1H3. The number of rotatable bonds is 7. The largest absolute Gasteiger partial charge is 0.380 e. The first-order chi connectivity index (χ1) is 10.6. The number of benzene rings is 1. The smallest absolute Gasteiger partial charge is 0.260 e. The fourth-order valence-corrected chi connectivity index (χ4v) is 2.30. The highest BCUT2D eigenvalue weighted by molar-refractivity contribution is 7.86. The van der Waals surface area contributed by atoms with Gasteiger partial charge in [0.05, 0.1) is 4.90 Å². The van der Waals surface area contributed by atoms with E-state index in [1.54, 1.807) is 6.92 Å². The van der Waals surface area contributed by atoms with E-state index in [0.717, 1.165) is 12.1 Å². The predicted octanol–water partition coefficient (Wildman–Crippen LogP) is 3.87. The van der Waals surface area contributed by atoms with Crippen LogP contribution in [0.4, 0.5) is 35.1 Å². The van der Waals surface area contributed by atoms with Crippen LogP contribution in [-0.4, -0.2) is 39.2 Å². The average molecular weight is 386 g/mol. The molecule has 1 aromatic carbocycles. The summed E-state index contributed by atoms with van der Waals surface area (Å²) in [7, 11) is -4.98. The quantitative estimate of drug-likeness (QED) is 0.528. The van der Waals surface area contributed by atoms with Gasteiger partial charge in [-0.25, -0.2) is 8.78 Å². The summed E-state index contributed by atoms with van der Waals surface area (Å²) in [5.41, 5.74) is 0.572. The van der Waals surface area contributed by atoms with Crippen molar-refractivity contribution in [3.05, 3.63) is 29.8 Å². The van der Waals surface area contributed by atoms with Crippen LogP contribution < -0.4 is 0 Å². The molecule has 138 valence electrons. The summed E-state index contributed by atoms with van der Waals surface area (Å²) in [5, 5.41) is 0. The van der Waals surface area contributed by atoms with Gasteiger partial charge in [-0.1, -0.05) is 17.7 Å². The van der Waals surface area contributed by atoms with Crippen LogP contribution in [0.25, 0.3) is 0 Å². The number of halogens is 8. The Bertz CT molecular complexity index is 670. The van der Waals surface area contributed by atoms with Gasteiger partial charge in [0.15, 0.2) is 0 Å². The summed E-state index contributed by atoms with van der Waals surface area (Å²) in [6.45, 7) is -1.18. The molecule has 0 spiro atoms. The van der Waals surface area contributed by atoms with Gasteiger partial charge in [0.1, 0.15) is 6.61 Å². The van der Waals surface area contributed by atoms with Gasteiger partial charge in [-0.05, 0) is 19.1 Å². The van der Waals surface area contributed by atoms with E-state index < -0.39 is 45.8 Å². The minimum absolute atomic E-state index is 0.572. The molecule has 1 rings (SSSR count). The van der Waals surface area contributed by atoms with Gasteiger partial charge in [0, 0.05) is 0 Å². The van der Waals surface area contributed by atoms with Gasteiger partial charge < -0.3 is 0 Å². The summed E-state index contributed by atoms with van der Waals surface area (Å²) in [6, 6.07) is 4.26. The lowest BCUT2D eigenvalue weighted by molar-refractivity contribution is -0.342. The van der Waals surface area contributed by atoms with E-state index in [2.05, 4.69) is 4.18 Å². The molecule has 0 saturated heterocycles. The first-order valence-corrected chi connectivity index (χ1v) is 7.43. The molecule has 0 aliphatic heterocycles. The van der Waals surface area contributed by atoms with Gasteiger partial charge in [-0.15, -0.1) is 0 Å². The van der Waals surface area contributed by atoms with Gasteiger partial charge in [0.2, 0.25) is 0 Å². The Morgan fingerprint density at radius 2 is 1.46 bits per heavy atom. The molecule has 0 aliphatic carbocycles. The SMILES string of the molecule is Cc1ccc(S(=O)(=O)OCC(F)(F)C(F)(F)C(F)(F)C(F)F)cc1. The Balaban J connectivity index is 3.01. The van der Waals surface area contributed by atoms with E-state index >= 15 is 0 Å². The van der Waals surface area contributed by atoms with Crippen LogP contribution in [-0.2, 0) is 14.3 Å². The molecule has 0 heterocycles. The van der Waals surface area contributed by atoms with Crippen molar-refractivity contribution in [2.75, 3.05) is 6.61 Å². The third-order valence-corrected chi connectivity index (χ3v) is 4.13. The van der Waals surface area contributed by atoms with E-state index in [9.17, 15) is 43.5 Å². The second-order valence-corrected chi connectivity index (χ2v) is 6.35. The van der Waals surface area contributed by atoms with Crippen LogP contribution in [0.2, 0.25) is 0 Å². The fraction of sp³-hybridized carbons (Fsp3) is 0.500. The zero-order valence-corrected chi connectivity index (χ0v) is 12.6. The van der Waals surface area contributed by atoms with E-state index in [0.29, 0.717) is 5.56 Å². The molecule has 0 amide bonds. The normalized spacial score (nSPS) is 14.2. The Kier molecular flexibility index (Phi) is 5.55. The molecule has 0 N–H and O–H groups in total. The molecule has 0 atom stereocenters. The van der Waals surface area contributed by atoms with E-state index in [4.69, 9.17) is 0 Å². The topological polar surface area (TPSA) is 43.4 Å². The van der Waals surface area contributed by atoms with Crippen LogP contribution in [0, 0.1) is 6.92 Å². The molecule has 1 aromatic rings. The van der Waals surface area contributed by atoms with Gasteiger partial charge in [-0.2, -0.15) is 34.8 Å². The lowest BCUT2D eigenvalue weighted by Crippen LogP contribution is -2.59. The zero-order valence-electron chi connectivity index (χ0n) is 11.8. The molecule has 0 radical (unpaired) electrons. The third kappa shape index (κ3) is 3.79. The van der Waals surface area contributed by atoms with Gasteiger partial charge >= 0.3 is 24.2 Å².